The Morgan fingerprint density at radius 2 is 2.00 bits per heavy atom. The molecule has 1 aromatic rings. The first-order valence-electron chi connectivity index (χ1n) is 5.89. The van der Waals surface area contributed by atoms with Crippen molar-refractivity contribution in [1.82, 2.24) is 0 Å². The highest BCUT2D eigenvalue weighted by Gasteiger charge is 2.29. The maximum Gasteiger partial charge on any atom is 0.125 e. The molecule has 1 aromatic carbocycles. The molecule has 92 valence electrons. The summed E-state index contributed by atoms with van der Waals surface area (Å²) >= 11 is 0. The van der Waals surface area contributed by atoms with E-state index in [2.05, 4.69) is 25.2 Å². The third kappa shape index (κ3) is 3.13. The first-order valence-corrected chi connectivity index (χ1v) is 5.89. The number of hydrogen-bond acceptors (Lipinski definition) is 3. The first-order chi connectivity index (χ1) is 8.05. The van der Waals surface area contributed by atoms with Gasteiger partial charge in [0.2, 0.25) is 0 Å². The van der Waals surface area contributed by atoms with Gasteiger partial charge in [-0.05, 0) is 37.1 Å². The second-order valence-electron chi connectivity index (χ2n) is 4.48. The number of anilines is 1. The van der Waals surface area contributed by atoms with Gasteiger partial charge >= 0.3 is 0 Å². The summed E-state index contributed by atoms with van der Waals surface area (Å²) in [6, 6.07) is 9.99. The first kappa shape index (κ1) is 13.4. The Labute approximate surface area is 103 Å². The smallest absolute Gasteiger partial charge is 0.125 e. The average Bonchev–Trinajstić information content (AvgIpc) is 2.38. The molecule has 17 heavy (non-hydrogen) atoms. The topological polar surface area (TPSA) is 45.0 Å². The number of ether oxygens (including phenoxy) is 1. The SMILES string of the molecule is CCC(C)C(C)(C#N)Nc1ccc(OC)cc1. The fraction of sp³-hybridized carbons (Fsp3) is 0.500. The zero-order valence-corrected chi connectivity index (χ0v) is 10.9. The Bertz CT molecular complexity index is 394. The van der Waals surface area contributed by atoms with E-state index in [1.807, 2.05) is 31.2 Å². The summed E-state index contributed by atoms with van der Waals surface area (Å²) in [6.07, 6.45) is 0.965. The number of nitrogens with zero attached hydrogens (tertiary/aromatic N) is 1. The monoisotopic (exact) mass is 232 g/mol. The molecule has 1 rings (SSSR count). The van der Waals surface area contributed by atoms with Crippen LogP contribution in [-0.4, -0.2) is 12.6 Å². The van der Waals surface area contributed by atoms with Gasteiger partial charge < -0.3 is 10.1 Å². The third-order valence-electron chi connectivity index (χ3n) is 3.32. The predicted octanol–water partition coefficient (Wildman–Crippen LogP) is 3.44. The van der Waals surface area contributed by atoms with Crippen LogP contribution in [0.4, 0.5) is 5.69 Å². The summed E-state index contributed by atoms with van der Waals surface area (Å²) in [5.41, 5.74) is 0.402. The van der Waals surface area contributed by atoms with Crippen molar-refractivity contribution in [3.05, 3.63) is 24.3 Å². The molecule has 0 spiro atoms. The van der Waals surface area contributed by atoms with E-state index in [4.69, 9.17) is 4.74 Å². The molecule has 0 aromatic heterocycles. The van der Waals surface area contributed by atoms with Gasteiger partial charge in [0.15, 0.2) is 0 Å². The zero-order valence-electron chi connectivity index (χ0n) is 10.9. The summed E-state index contributed by atoms with van der Waals surface area (Å²) in [5.74, 6) is 1.10. The van der Waals surface area contributed by atoms with E-state index in [1.165, 1.54) is 0 Å². The van der Waals surface area contributed by atoms with Crippen LogP contribution in [0, 0.1) is 17.2 Å². The van der Waals surface area contributed by atoms with E-state index in [1.54, 1.807) is 7.11 Å². The molecule has 0 amide bonds. The lowest BCUT2D eigenvalue weighted by Crippen LogP contribution is -2.39. The van der Waals surface area contributed by atoms with Crippen LogP contribution in [0.5, 0.6) is 5.75 Å². The minimum absolute atomic E-state index is 0.287. The number of nitrogens with one attached hydrogen (secondary N) is 1. The van der Waals surface area contributed by atoms with Gasteiger partial charge in [0.25, 0.3) is 0 Å². The van der Waals surface area contributed by atoms with Crippen LogP contribution in [0.2, 0.25) is 0 Å². The molecule has 2 atom stereocenters. The van der Waals surface area contributed by atoms with Crippen molar-refractivity contribution in [3.8, 4) is 11.8 Å². The summed E-state index contributed by atoms with van der Waals surface area (Å²) in [5, 5.41) is 12.6. The quantitative estimate of drug-likeness (QED) is 0.845. The molecule has 2 unspecified atom stereocenters. The lowest BCUT2D eigenvalue weighted by molar-refractivity contribution is 0.412. The maximum atomic E-state index is 9.31. The van der Waals surface area contributed by atoms with Gasteiger partial charge in [-0.1, -0.05) is 20.3 Å². The molecule has 0 aliphatic heterocycles. The summed E-state index contributed by atoms with van der Waals surface area (Å²) < 4.78 is 5.10. The third-order valence-corrected chi connectivity index (χ3v) is 3.32. The van der Waals surface area contributed by atoms with Gasteiger partial charge in [0.05, 0.1) is 13.2 Å². The van der Waals surface area contributed by atoms with Crippen molar-refractivity contribution in [3.63, 3.8) is 0 Å². The Hall–Kier alpha value is -1.69. The summed E-state index contributed by atoms with van der Waals surface area (Å²) in [4.78, 5) is 0. The standard InChI is InChI=1S/C14H20N2O/c1-5-11(2)14(3,10-15)16-12-6-8-13(17-4)9-7-12/h6-9,11,16H,5H2,1-4H3. The van der Waals surface area contributed by atoms with Crippen LogP contribution in [0.25, 0.3) is 0 Å². The number of hydrogen-bond donors (Lipinski definition) is 1. The molecule has 0 aliphatic carbocycles. The molecule has 3 heteroatoms. The van der Waals surface area contributed by atoms with Crippen LogP contribution >= 0.6 is 0 Å². The number of benzene rings is 1. The Kier molecular flexibility index (Phi) is 4.39. The maximum absolute atomic E-state index is 9.31. The highest BCUT2D eigenvalue weighted by molar-refractivity contribution is 5.50. The van der Waals surface area contributed by atoms with E-state index >= 15 is 0 Å². The van der Waals surface area contributed by atoms with Gasteiger partial charge in [-0.15, -0.1) is 0 Å². The molecule has 0 saturated carbocycles. The van der Waals surface area contributed by atoms with E-state index < -0.39 is 5.54 Å². The molecule has 0 aliphatic rings. The van der Waals surface area contributed by atoms with E-state index in [0.29, 0.717) is 0 Å². The second-order valence-corrected chi connectivity index (χ2v) is 4.48. The van der Waals surface area contributed by atoms with Gasteiger partial charge in [0, 0.05) is 5.69 Å². The van der Waals surface area contributed by atoms with Crippen LogP contribution < -0.4 is 10.1 Å². The lowest BCUT2D eigenvalue weighted by atomic mass is 9.86. The fourth-order valence-electron chi connectivity index (χ4n) is 1.64. The van der Waals surface area contributed by atoms with Crippen LogP contribution in [-0.2, 0) is 0 Å². The normalized spacial score (nSPS) is 15.5. The Morgan fingerprint density at radius 1 is 1.41 bits per heavy atom. The molecular weight excluding hydrogens is 212 g/mol. The molecule has 1 N–H and O–H groups in total. The van der Waals surface area contributed by atoms with Crippen LogP contribution in [0.3, 0.4) is 0 Å². The average molecular weight is 232 g/mol. The van der Waals surface area contributed by atoms with Crippen molar-refractivity contribution in [1.29, 1.82) is 5.26 Å². The number of nitriles is 1. The Balaban J connectivity index is 2.84. The van der Waals surface area contributed by atoms with E-state index in [0.717, 1.165) is 17.9 Å². The minimum Gasteiger partial charge on any atom is -0.497 e. The predicted molar refractivity (Wildman–Crippen MR) is 70.1 cm³/mol. The highest BCUT2D eigenvalue weighted by Crippen LogP contribution is 2.25. The summed E-state index contributed by atoms with van der Waals surface area (Å²) in [6.45, 7) is 6.11. The lowest BCUT2D eigenvalue weighted by Gasteiger charge is -2.30. The van der Waals surface area contributed by atoms with Crippen LogP contribution in [0.15, 0.2) is 24.3 Å². The zero-order chi connectivity index (χ0) is 12.9. The van der Waals surface area contributed by atoms with E-state index in [9.17, 15) is 5.26 Å². The minimum atomic E-state index is -0.538. The summed E-state index contributed by atoms with van der Waals surface area (Å²) in [7, 11) is 1.64. The largest absolute Gasteiger partial charge is 0.497 e. The van der Waals surface area contributed by atoms with E-state index in [-0.39, 0.29) is 5.92 Å². The Morgan fingerprint density at radius 3 is 2.41 bits per heavy atom. The van der Waals surface area contributed by atoms with Crippen molar-refractivity contribution in [2.45, 2.75) is 32.7 Å². The van der Waals surface area contributed by atoms with Gasteiger partial charge in [0.1, 0.15) is 11.3 Å². The van der Waals surface area contributed by atoms with Gasteiger partial charge in [-0.2, -0.15) is 5.26 Å². The highest BCUT2D eigenvalue weighted by atomic mass is 16.5. The molecular formula is C14H20N2O. The van der Waals surface area contributed by atoms with Gasteiger partial charge in [-0.3, -0.25) is 0 Å². The number of methoxy groups -OCH3 is 1. The molecule has 0 saturated heterocycles. The molecule has 0 fully saturated rings. The number of rotatable bonds is 5. The van der Waals surface area contributed by atoms with Crippen molar-refractivity contribution >= 4 is 5.69 Å². The van der Waals surface area contributed by atoms with Crippen molar-refractivity contribution < 1.29 is 4.74 Å². The van der Waals surface area contributed by atoms with Gasteiger partial charge in [-0.25, -0.2) is 0 Å². The molecule has 0 radical (unpaired) electrons. The van der Waals surface area contributed by atoms with Crippen molar-refractivity contribution in [2.24, 2.45) is 5.92 Å². The fourth-order valence-corrected chi connectivity index (χ4v) is 1.64. The molecule has 3 nitrogen and oxygen atoms in total. The molecule has 0 heterocycles. The molecule has 0 bridgehead atoms. The second kappa shape index (κ2) is 5.58. The van der Waals surface area contributed by atoms with Crippen molar-refractivity contribution in [2.75, 3.05) is 12.4 Å². The van der Waals surface area contributed by atoms with Crippen LogP contribution in [0.1, 0.15) is 27.2 Å².